The molecule has 1 N–H and O–H groups in total. The largest absolute Gasteiger partial charge is 0.381 e. The Balaban J connectivity index is 1.32. The third kappa shape index (κ3) is 3.07. The average molecular weight is 367 g/mol. The van der Waals surface area contributed by atoms with Crippen LogP contribution in [0.3, 0.4) is 0 Å². The van der Waals surface area contributed by atoms with Gasteiger partial charge < -0.3 is 5.32 Å². The first-order valence-electron chi connectivity index (χ1n) is 9.61. The standard InChI is InChI=1S/C21H23ClN4/c22-20-18(10-11-26-19(12-14-6-7-14)24-25-21(20)26)23-17-9-8-16(13-17)15-4-2-1-3-5-15/h1-5,10-11,14,16-17,23H,6-9,12-13H2. The van der Waals surface area contributed by atoms with Crippen LogP contribution in [0.4, 0.5) is 5.69 Å². The van der Waals surface area contributed by atoms with Gasteiger partial charge in [0.1, 0.15) is 10.8 Å². The molecule has 2 aromatic heterocycles. The minimum atomic E-state index is 0.453. The number of rotatable bonds is 5. The minimum absolute atomic E-state index is 0.453. The maximum atomic E-state index is 6.65. The first-order valence-corrected chi connectivity index (χ1v) is 9.99. The molecule has 2 fully saturated rings. The fraction of sp³-hybridized carbons (Fsp3) is 0.429. The molecule has 2 aliphatic carbocycles. The summed E-state index contributed by atoms with van der Waals surface area (Å²) < 4.78 is 2.05. The number of hydrogen-bond acceptors (Lipinski definition) is 3. The second-order valence-electron chi connectivity index (χ2n) is 7.76. The zero-order valence-electron chi connectivity index (χ0n) is 14.7. The van der Waals surface area contributed by atoms with Gasteiger partial charge in [0, 0.05) is 18.7 Å². The molecule has 0 aliphatic heterocycles. The van der Waals surface area contributed by atoms with E-state index in [9.17, 15) is 0 Å². The highest BCUT2D eigenvalue weighted by atomic mass is 35.5. The Labute approximate surface area is 158 Å². The molecule has 0 amide bonds. The summed E-state index contributed by atoms with van der Waals surface area (Å²) in [5, 5.41) is 13.0. The second-order valence-corrected chi connectivity index (χ2v) is 8.14. The van der Waals surface area contributed by atoms with E-state index in [0.29, 0.717) is 17.0 Å². The van der Waals surface area contributed by atoms with Crippen molar-refractivity contribution in [2.24, 2.45) is 5.92 Å². The molecular formula is C21H23ClN4. The molecule has 134 valence electrons. The first kappa shape index (κ1) is 16.1. The summed E-state index contributed by atoms with van der Waals surface area (Å²) in [5.41, 5.74) is 3.19. The number of hydrogen-bond donors (Lipinski definition) is 1. The van der Waals surface area contributed by atoms with E-state index in [1.807, 2.05) is 4.40 Å². The Kier molecular flexibility index (Phi) is 4.08. The lowest BCUT2D eigenvalue weighted by Gasteiger charge is -2.16. The molecule has 0 bridgehead atoms. The van der Waals surface area contributed by atoms with Crippen LogP contribution in [0.2, 0.25) is 5.02 Å². The summed E-state index contributed by atoms with van der Waals surface area (Å²) in [6.07, 6.45) is 9.22. The molecule has 2 unspecified atom stereocenters. The van der Waals surface area contributed by atoms with E-state index >= 15 is 0 Å². The predicted molar refractivity (Wildman–Crippen MR) is 105 cm³/mol. The molecule has 0 spiro atoms. The van der Waals surface area contributed by atoms with Crippen molar-refractivity contribution in [3.63, 3.8) is 0 Å². The summed E-state index contributed by atoms with van der Waals surface area (Å²) in [5.74, 6) is 2.45. The van der Waals surface area contributed by atoms with Crippen LogP contribution >= 0.6 is 11.6 Å². The van der Waals surface area contributed by atoms with Gasteiger partial charge in [0.25, 0.3) is 0 Å². The van der Waals surface area contributed by atoms with Crippen LogP contribution in [0.5, 0.6) is 0 Å². The lowest BCUT2D eigenvalue weighted by molar-refractivity contribution is 0.702. The maximum Gasteiger partial charge on any atom is 0.181 e. The lowest BCUT2D eigenvalue weighted by atomic mass is 9.98. The van der Waals surface area contributed by atoms with E-state index in [1.165, 1.54) is 31.2 Å². The van der Waals surface area contributed by atoms with Crippen molar-refractivity contribution < 1.29 is 0 Å². The summed E-state index contributed by atoms with van der Waals surface area (Å²) in [6, 6.07) is 13.3. The topological polar surface area (TPSA) is 42.2 Å². The van der Waals surface area contributed by atoms with Crippen LogP contribution in [-0.4, -0.2) is 20.6 Å². The Morgan fingerprint density at radius 2 is 1.88 bits per heavy atom. The fourth-order valence-electron chi connectivity index (χ4n) is 4.16. The number of anilines is 1. The monoisotopic (exact) mass is 366 g/mol. The Morgan fingerprint density at radius 1 is 1.04 bits per heavy atom. The van der Waals surface area contributed by atoms with Crippen LogP contribution in [0.15, 0.2) is 42.6 Å². The molecule has 5 rings (SSSR count). The number of pyridine rings is 1. The molecule has 1 aromatic carbocycles. The van der Waals surface area contributed by atoms with Crippen molar-refractivity contribution in [1.29, 1.82) is 0 Å². The van der Waals surface area contributed by atoms with Crippen molar-refractivity contribution in [3.8, 4) is 0 Å². The van der Waals surface area contributed by atoms with E-state index in [-0.39, 0.29) is 0 Å². The second kappa shape index (κ2) is 6.58. The molecule has 2 saturated carbocycles. The zero-order chi connectivity index (χ0) is 17.5. The van der Waals surface area contributed by atoms with Crippen LogP contribution in [0.1, 0.15) is 49.4 Å². The first-order chi connectivity index (χ1) is 12.8. The number of halogens is 1. The van der Waals surface area contributed by atoms with E-state index in [2.05, 4.69) is 58.1 Å². The Hall–Kier alpha value is -2.07. The van der Waals surface area contributed by atoms with Gasteiger partial charge in [0.15, 0.2) is 5.65 Å². The van der Waals surface area contributed by atoms with Crippen LogP contribution < -0.4 is 5.32 Å². The van der Waals surface area contributed by atoms with E-state index in [4.69, 9.17) is 11.6 Å². The minimum Gasteiger partial charge on any atom is -0.381 e. The number of nitrogens with zero attached hydrogens (tertiary/aromatic N) is 3. The van der Waals surface area contributed by atoms with Crippen molar-refractivity contribution in [1.82, 2.24) is 14.6 Å². The van der Waals surface area contributed by atoms with E-state index in [0.717, 1.165) is 35.9 Å². The third-order valence-electron chi connectivity index (χ3n) is 5.82. The summed E-state index contributed by atoms with van der Waals surface area (Å²) in [7, 11) is 0. The summed E-state index contributed by atoms with van der Waals surface area (Å²) >= 11 is 6.65. The molecule has 0 saturated heterocycles. The van der Waals surface area contributed by atoms with Gasteiger partial charge >= 0.3 is 0 Å². The molecule has 4 nitrogen and oxygen atoms in total. The normalized spacial score (nSPS) is 22.8. The van der Waals surface area contributed by atoms with Gasteiger partial charge in [0.05, 0.1) is 5.69 Å². The van der Waals surface area contributed by atoms with E-state index in [1.54, 1.807) is 0 Å². The SMILES string of the molecule is Clc1c(NC2CCC(c3ccccc3)C2)ccn2c(CC3CC3)nnc12. The third-order valence-corrected chi connectivity index (χ3v) is 6.19. The highest BCUT2D eigenvalue weighted by Crippen LogP contribution is 2.37. The lowest BCUT2D eigenvalue weighted by Crippen LogP contribution is -2.16. The zero-order valence-corrected chi connectivity index (χ0v) is 15.5. The highest BCUT2D eigenvalue weighted by Gasteiger charge is 2.27. The quantitative estimate of drug-likeness (QED) is 0.684. The number of nitrogens with one attached hydrogen (secondary N) is 1. The van der Waals surface area contributed by atoms with Gasteiger partial charge in [-0.15, -0.1) is 10.2 Å². The van der Waals surface area contributed by atoms with Crippen LogP contribution in [0.25, 0.3) is 5.65 Å². The molecular weight excluding hydrogens is 344 g/mol. The van der Waals surface area contributed by atoms with Crippen LogP contribution in [0, 0.1) is 5.92 Å². The van der Waals surface area contributed by atoms with Crippen molar-refractivity contribution in [2.75, 3.05) is 5.32 Å². The molecule has 2 heterocycles. The molecule has 2 aliphatic rings. The molecule has 2 atom stereocenters. The van der Waals surface area contributed by atoms with Crippen molar-refractivity contribution in [2.45, 2.75) is 50.5 Å². The van der Waals surface area contributed by atoms with Crippen molar-refractivity contribution in [3.05, 3.63) is 59.0 Å². The molecule has 0 radical (unpaired) electrons. The van der Waals surface area contributed by atoms with Crippen molar-refractivity contribution >= 4 is 22.9 Å². The molecule has 26 heavy (non-hydrogen) atoms. The predicted octanol–water partition coefficient (Wildman–Crippen LogP) is 5.08. The molecule has 5 heteroatoms. The Bertz CT molecular complexity index is 916. The smallest absolute Gasteiger partial charge is 0.181 e. The van der Waals surface area contributed by atoms with E-state index < -0.39 is 0 Å². The van der Waals surface area contributed by atoms with Gasteiger partial charge in [-0.2, -0.15) is 0 Å². The number of aromatic nitrogens is 3. The van der Waals surface area contributed by atoms with Gasteiger partial charge in [-0.3, -0.25) is 4.40 Å². The van der Waals surface area contributed by atoms with Gasteiger partial charge in [0.2, 0.25) is 0 Å². The Morgan fingerprint density at radius 3 is 2.69 bits per heavy atom. The number of fused-ring (bicyclic) bond motifs is 1. The summed E-state index contributed by atoms with van der Waals surface area (Å²) in [6.45, 7) is 0. The summed E-state index contributed by atoms with van der Waals surface area (Å²) in [4.78, 5) is 0. The maximum absolute atomic E-state index is 6.65. The van der Waals surface area contributed by atoms with Gasteiger partial charge in [-0.1, -0.05) is 41.9 Å². The molecule has 3 aromatic rings. The van der Waals surface area contributed by atoms with Gasteiger partial charge in [-0.05, 0) is 55.6 Å². The average Bonchev–Trinajstić information content (AvgIpc) is 3.20. The fourth-order valence-corrected chi connectivity index (χ4v) is 4.41. The highest BCUT2D eigenvalue weighted by molar-refractivity contribution is 6.36. The number of benzene rings is 1. The van der Waals surface area contributed by atoms with Crippen LogP contribution in [-0.2, 0) is 6.42 Å². The van der Waals surface area contributed by atoms with Gasteiger partial charge in [-0.25, -0.2) is 0 Å².